The molecule has 1 aliphatic rings. The highest BCUT2D eigenvalue weighted by Gasteiger charge is 2.27. The van der Waals surface area contributed by atoms with Crippen molar-refractivity contribution < 1.29 is 0 Å². The molecule has 1 aliphatic heterocycles. The van der Waals surface area contributed by atoms with E-state index < -0.39 is 0 Å². The summed E-state index contributed by atoms with van der Waals surface area (Å²) >= 11 is 0. The van der Waals surface area contributed by atoms with E-state index in [1.807, 2.05) is 0 Å². The third kappa shape index (κ3) is 4.43. The van der Waals surface area contributed by atoms with Crippen LogP contribution in [0.2, 0.25) is 0 Å². The first-order valence-electron chi connectivity index (χ1n) is 5.77. The van der Waals surface area contributed by atoms with Gasteiger partial charge in [-0.1, -0.05) is 20.8 Å². The van der Waals surface area contributed by atoms with Gasteiger partial charge in [-0.05, 0) is 38.6 Å². The molecular weight excluding hydrogens is 172 g/mol. The monoisotopic (exact) mass is 198 g/mol. The minimum Gasteiger partial charge on any atom is -0.313 e. The van der Waals surface area contributed by atoms with Gasteiger partial charge in [-0.2, -0.15) is 0 Å². The fourth-order valence-corrected chi connectivity index (χ4v) is 2.00. The normalized spacial score (nSPS) is 27.6. The highest BCUT2D eigenvalue weighted by molar-refractivity contribution is 4.89. The zero-order chi connectivity index (χ0) is 10.8. The Morgan fingerprint density at radius 2 is 2.00 bits per heavy atom. The van der Waals surface area contributed by atoms with Crippen LogP contribution in [0.1, 0.15) is 47.5 Å². The zero-order valence-electron chi connectivity index (χ0n) is 10.4. The predicted octanol–water partition coefficient (Wildman–Crippen LogP) is 2.15. The minimum absolute atomic E-state index is 0.313. The van der Waals surface area contributed by atoms with Crippen molar-refractivity contribution in [1.82, 2.24) is 10.6 Å². The van der Waals surface area contributed by atoms with Gasteiger partial charge in [0.15, 0.2) is 0 Å². The Kier molecular flexibility index (Phi) is 3.59. The molecule has 0 aromatic heterocycles. The largest absolute Gasteiger partial charge is 0.313 e. The number of nitrogens with one attached hydrogen (secondary N) is 2. The van der Waals surface area contributed by atoms with Crippen molar-refractivity contribution in [3.05, 3.63) is 0 Å². The van der Waals surface area contributed by atoms with Crippen LogP contribution in [0, 0.1) is 5.41 Å². The van der Waals surface area contributed by atoms with E-state index in [0.717, 1.165) is 13.1 Å². The quantitative estimate of drug-likeness (QED) is 0.710. The van der Waals surface area contributed by atoms with Crippen molar-refractivity contribution in [1.29, 1.82) is 0 Å². The van der Waals surface area contributed by atoms with Gasteiger partial charge in [-0.25, -0.2) is 0 Å². The van der Waals surface area contributed by atoms with E-state index in [9.17, 15) is 0 Å². The first-order valence-corrected chi connectivity index (χ1v) is 5.77. The van der Waals surface area contributed by atoms with Gasteiger partial charge >= 0.3 is 0 Å². The summed E-state index contributed by atoms with van der Waals surface area (Å²) in [5, 5.41) is 7.22. The van der Waals surface area contributed by atoms with Crippen molar-refractivity contribution in [3.63, 3.8) is 0 Å². The molecule has 0 bridgehead atoms. The second kappa shape index (κ2) is 4.19. The Labute approximate surface area is 88.8 Å². The summed E-state index contributed by atoms with van der Waals surface area (Å²) in [5.41, 5.74) is 0.711. The number of rotatable bonds is 2. The van der Waals surface area contributed by atoms with E-state index in [4.69, 9.17) is 0 Å². The summed E-state index contributed by atoms with van der Waals surface area (Å²) in [6.07, 6.45) is 2.50. The van der Waals surface area contributed by atoms with E-state index in [1.165, 1.54) is 12.8 Å². The molecule has 1 atom stereocenters. The zero-order valence-corrected chi connectivity index (χ0v) is 10.4. The Hall–Kier alpha value is -0.0800. The maximum Gasteiger partial charge on any atom is 0.0139 e. The molecule has 2 nitrogen and oxygen atoms in total. The lowest BCUT2D eigenvalue weighted by Crippen LogP contribution is -2.52. The van der Waals surface area contributed by atoms with E-state index in [0.29, 0.717) is 17.0 Å². The lowest BCUT2D eigenvalue weighted by molar-refractivity contribution is 0.231. The predicted molar refractivity (Wildman–Crippen MR) is 62.6 cm³/mol. The molecule has 1 saturated heterocycles. The van der Waals surface area contributed by atoms with Crippen molar-refractivity contribution in [2.45, 2.75) is 59.0 Å². The SMILES string of the molecule is CC(C)(C)CNC1CCNC(C)(C)C1. The van der Waals surface area contributed by atoms with Gasteiger partial charge in [0.1, 0.15) is 0 Å². The van der Waals surface area contributed by atoms with Crippen molar-refractivity contribution in [2.75, 3.05) is 13.1 Å². The molecule has 0 aromatic rings. The van der Waals surface area contributed by atoms with Crippen molar-refractivity contribution in [3.8, 4) is 0 Å². The van der Waals surface area contributed by atoms with Crippen LogP contribution in [0.3, 0.4) is 0 Å². The van der Waals surface area contributed by atoms with Crippen LogP contribution in [-0.2, 0) is 0 Å². The maximum absolute atomic E-state index is 3.68. The molecule has 0 aliphatic carbocycles. The van der Waals surface area contributed by atoms with Crippen LogP contribution in [0.25, 0.3) is 0 Å². The molecule has 0 radical (unpaired) electrons. The van der Waals surface area contributed by atoms with Crippen LogP contribution in [0.4, 0.5) is 0 Å². The maximum atomic E-state index is 3.68. The summed E-state index contributed by atoms with van der Waals surface area (Å²) < 4.78 is 0. The van der Waals surface area contributed by atoms with Crippen LogP contribution in [-0.4, -0.2) is 24.7 Å². The number of hydrogen-bond donors (Lipinski definition) is 2. The van der Waals surface area contributed by atoms with Gasteiger partial charge in [0, 0.05) is 18.1 Å². The summed E-state index contributed by atoms with van der Waals surface area (Å²) in [5.74, 6) is 0. The average molecular weight is 198 g/mol. The summed E-state index contributed by atoms with van der Waals surface area (Å²) in [7, 11) is 0. The second-order valence-corrected chi connectivity index (χ2v) is 6.44. The molecule has 1 rings (SSSR count). The lowest BCUT2D eigenvalue weighted by atomic mass is 9.88. The molecule has 0 saturated carbocycles. The Balaban J connectivity index is 2.32. The van der Waals surface area contributed by atoms with Gasteiger partial charge in [0.25, 0.3) is 0 Å². The average Bonchev–Trinajstić information content (AvgIpc) is 1.98. The molecule has 0 aromatic carbocycles. The Morgan fingerprint density at radius 3 is 2.50 bits per heavy atom. The van der Waals surface area contributed by atoms with Crippen LogP contribution in [0.5, 0.6) is 0 Å². The minimum atomic E-state index is 0.313. The highest BCUT2D eigenvalue weighted by Crippen LogP contribution is 2.19. The van der Waals surface area contributed by atoms with Crippen LogP contribution >= 0.6 is 0 Å². The molecule has 2 N–H and O–H groups in total. The number of hydrogen-bond acceptors (Lipinski definition) is 2. The second-order valence-electron chi connectivity index (χ2n) is 6.44. The molecule has 14 heavy (non-hydrogen) atoms. The molecular formula is C12H26N2. The first kappa shape index (κ1) is 12.0. The van der Waals surface area contributed by atoms with E-state index >= 15 is 0 Å². The van der Waals surface area contributed by atoms with E-state index in [1.54, 1.807) is 0 Å². The van der Waals surface area contributed by atoms with Gasteiger partial charge in [-0.3, -0.25) is 0 Å². The van der Waals surface area contributed by atoms with E-state index in [2.05, 4.69) is 45.3 Å². The highest BCUT2D eigenvalue weighted by atomic mass is 15.0. The molecule has 0 spiro atoms. The van der Waals surface area contributed by atoms with Crippen LogP contribution in [0.15, 0.2) is 0 Å². The molecule has 2 heteroatoms. The topological polar surface area (TPSA) is 24.1 Å². The fraction of sp³-hybridized carbons (Fsp3) is 1.00. The summed E-state index contributed by atoms with van der Waals surface area (Å²) in [6, 6.07) is 0.700. The first-order chi connectivity index (χ1) is 6.29. The third-order valence-electron chi connectivity index (χ3n) is 2.77. The summed E-state index contributed by atoms with van der Waals surface area (Å²) in [4.78, 5) is 0. The smallest absolute Gasteiger partial charge is 0.0139 e. The van der Waals surface area contributed by atoms with Gasteiger partial charge in [-0.15, -0.1) is 0 Å². The van der Waals surface area contributed by atoms with Gasteiger partial charge in [0.05, 0.1) is 0 Å². The molecule has 84 valence electrons. The fourth-order valence-electron chi connectivity index (χ4n) is 2.00. The van der Waals surface area contributed by atoms with Crippen LogP contribution < -0.4 is 10.6 Å². The molecule has 1 heterocycles. The standard InChI is InChI=1S/C12H26N2/c1-11(2,3)9-13-10-6-7-14-12(4,5)8-10/h10,13-14H,6-9H2,1-5H3. The third-order valence-corrected chi connectivity index (χ3v) is 2.77. The van der Waals surface area contributed by atoms with Crippen molar-refractivity contribution >= 4 is 0 Å². The Morgan fingerprint density at radius 1 is 1.36 bits per heavy atom. The lowest BCUT2D eigenvalue weighted by Gasteiger charge is -2.38. The summed E-state index contributed by atoms with van der Waals surface area (Å²) in [6.45, 7) is 13.7. The van der Waals surface area contributed by atoms with Gasteiger partial charge < -0.3 is 10.6 Å². The van der Waals surface area contributed by atoms with E-state index in [-0.39, 0.29) is 0 Å². The molecule has 1 fully saturated rings. The van der Waals surface area contributed by atoms with Gasteiger partial charge in [0.2, 0.25) is 0 Å². The molecule has 0 amide bonds. The Bertz CT molecular complexity index is 179. The van der Waals surface area contributed by atoms with Crippen molar-refractivity contribution in [2.24, 2.45) is 5.41 Å². The number of piperidine rings is 1. The molecule has 1 unspecified atom stereocenters.